The largest absolute Gasteiger partial charge is 0.448 e. The van der Waals surface area contributed by atoms with Crippen LogP contribution in [0.3, 0.4) is 0 Å². The molecule has 12 heavy (non-hydrogen) atoms. The van der Waals surface area contributed by atoms with Crippen LogP contribution in [-0.2, 0) is 5.92 Å². The first-order chi connectivity index (χ1) is 5.47. The molecular weight excluding hydrogens is 234 g/mol. The molecule has 0 aliphatic rings. The Morgan fingerprint density at radius 1 is 1.67 bits per heavy atom. The van der Waals surface area contributed by atoms with Crippen molar-refractivity contribution in [3.05, 3.63) is 22.1 Å². The first kappa shape index (κ1) is 9.67. The summed E-state index contributed by atoms with van der Waals surface area (Å²) in [5.41, 5.74) is 0.320. The third-order valence-corrected chi connectivity index (χ3v) is 1.81. The van der Waals surface area contributed by atoms with E-state index in [-0.39, 0.29) is 4.67 Å². The summed E-state index contributed by atoms with van der Waals surface area (Å²) in [4.78, 5) is 0. The van der Waals surface area contributed by atoms with Gasteiger partial charge in [-0.2, -0.15) is 8.78 Å². The van der Waals surface area contributed by atoms with Crippen molar-refractivity contribution in [3.8, 4) is 0 Å². The van der Waals surface area contributed by atoms with Crippen LogP contribution < -0.4 is 0 Å². The molecule has 0 unspecified atom stereocenters. The minimum absolute atomic E-state index is 0.239. The van der Waals surface area contributed by atoms with Gasteiger partial charge in [0.1, 0.15) is 6.61 Å². The van der Waals surface area contributed by atoms with Crippen LogP contribution in [0, 0.1) is 6.92 Å². The normalized spacial score (nSPS) is 12.1. The van der Waals surface area contributed by atoms with Gasteiger partial charge in [-0.3, -0.25) is 0 Å². The highest BCUT2D eigenvalue weighted by molar-refractivity contribution is 9.10. The standard InChI is InChI=1S/C7H7BrF2O2/c1-4-2-5(8)12-6(4)7(9,10)3-11/h2,11H,3H2,1H3. The second-order valence-corrected chi connectivity index (χ2v) is 3.21. The molecule has 0 saturated heterocycles. The highest BCUT2D eigenvalue weighted by Gasteiger charge is 2.36. The number of alkyl halides is 2. The quantitative estimate of drug-likeness (QED) is 0.862. The van der Waals surface area contributed by atoms with E-state index in [1.54, 1.807) is 0 Å². The summed E-state index contributed by atoms with van der Waals surface area (Å²) >= 11 is 2.92. The highest BCUT2D eigenvalue weighted by atomic mass is 79.9. The Bertz CT molecular complexity index is 283. The summed E-state index contributed by atoms with van der Waals surface area (Å²) in [6.07, 6.45) is 0. The Morgan fingerprint density at radius 2 is 2.25 bits per heavy atom. The maximum Gasteiger partial charge on any atom is 0.327 e. The molecule has 1 heterocycles. The van der Waals surface area contributed by atoms with Crippen LogP contribution in [0.5, 0.6) is 0 Å². The number of aliphatic hydroxyl groups is 1. The Morgan fingerprint density at radius 3 is 2.58 bits per heavy atom. The molecular formula is C7H7BrF2O2. The molecule has 2 nitrogen and oxygen atoms in total. The van der Waals surface area contributed by atoms with Crippen LogP contribution in [-0.4, -0.2) is 11.7 Å². The summed E-state index contributed by atoms with van der Waals surface area (Å²) < 4.78 is 30.5. The Kier molecular flexibility index (Phi) is 2.53. The number of aliphatic hydroxyl groups excluding tert-OH is 1. The van der Waals surface area contributed by atoms with E-state index in [1.165, 1.54) is 13.0 Å². The number of halogens is 3. The fraction of sp³-hybridized carbons (Fsp3) is 0.429. The zero-order valence-corrected chi connectivity index (χ0v) is 7.86. The smallest absolute Gasteiger partial charge is 0.327 e. The minimum Gasteiger partial charge on any atom is -0.448 e. The van der Waals surface area contributed by atoms with E-state index in [0.717, 1.165) is 0 Å². The molecule has 1 rings (SSSR count). The molecule has 1 N–H and O–H groups in total. The van der Waals surface area contributed by atoms with Gasteiger partial charge in [0.25, 0.3) is 0 Å². The molecule has 0 aromatic carbocycles. The number of rotatable bonds is 2. The number of hydrogen-bond donors (Lipinski definition) is 1. The maximum atomic E-state index is 12.8. The van der Waals surface area contributed by atoms with Gasteiger partial charge in [0.15, 0.2) is 10.4 Å². The van der Waals surface area contributed by atoms with Gasteiger partial charge in [0, 0.05) is 0 Å². The van der Waals surface area contributed by atoms with Crippen LogP contribution in [0.2, 0.25) is 0 Å². The molecule has 68 valence electrons. The summed E-state index contributed by atoms with van der Waals surface area (Å²) in [6, 6.07) is 1.43. The van der Waals surface area contributed by atoms with E-state index in [0.29, 0.717) is 5.56 Å². The molecule has 1 aromatic heterocycles. The van der Waals surface area contributed by atoms with Crippen molar-refractivity contribution in [2.75, 3.05) is 6.61 Å². The van der Waals surface area contributed by atoms with Crippen molar-refractivity contribution < 1.29 is 18.3 Å². The summed E-state index contributed by atoms with van der Waals surface area (Å²) in [6.45, 7) is 0.251. The van der Waals surface area contributed by atoms with Crippen molar-refractivity contribution in [2.45, 2.75) is 12.8 Å². The fourth-order valence-electron chi connectivity index (χ4n) is 0.878. The van der Waals surface area contributed by atoms with Crippen molar-refractivity contribution in [1.29, 1.82) is 0 Å². The van der Waals surface area contributed by atoms with Crippen molar-refractivity contribution >= 4 is 15.9 Å². The van der Waals surface area contributed by atoms with E-state index in [1.807, 2.05) is 0 Å². The third kappa shape index (κ3) is 1.67. The van der Waals surface area contributed by atoms with Crippen LogP contribution in [0.15, 0.2) is 15.2 Å². The lowest BCUT2D eigenvalue weighted by Gasteiger charge is -2.10. The van der Waals surface area contributed by atoms with Gasteiger partial charge in [0.05, 0.1) is 0 Å². The van der Waals surface area contributed by atoms with E-state index in [4.69, 9.17) is 5.11 Å². The lowest BCUT2D eigenvalue weighted by Crippen LogP contribution is -2.18. The van der Waals surface area contributed by atoms with Crippen LogP contribution in [0.25, 0.3) is 0 Å². The van der Waals surface area contributed by atoms with Crippen molar-refractivity contribution in [3.63, 3.8) is 0 Å². The molecule has 0 amide bonds. The average Bonchev–Trinajstić information content (AvgIpc) is 2.31. The number of furan rings is 1. The van der Waals surface area contributed by atoms with Gasteiger partial charge in [-0.25, -0.2) is 0 Å². The molecule has 0 saturated carbocycles. The summed E-state index contributed by atoms with van der Waals surface area (Å²) in [5.74, 6) is -3.78. The average molecular weight is 241 g/mol. The van der Waals surface area contributed by atoms with E-state index >= 15 is 0 Å². The molecule has 0 aliphatic heterocycles. The highest BCUT2D eigenvalue weighted by Crippen LogP contribution is 2.33. The summed E-state index contributed by atoms with van der Waals surface area (Å²) in [7, 11) is 0. The summed E-state index contributed by atoms with van der Waals surface area (Å²) in [5, 5.41) is 8.36. The topological polar surface area (TPSA) is 33.4 Å². The first-order valence-corrected chi connectivity index (χ1v) is 4.02. The number of aryl methyl sites for hydroxylation is 1. The molecule has 0 spiro atoms. The predicted octanol–water partition coefficient (Wildman–Crippen LogP) is 2.43. The molecule has 0 fully saturated rings. The van der Waals surface area contributed by atoms with Gasteiger partial charge in [-0.1, -0.05) is 0 Å². The minimum atomic E-state index is -3.30. The monoisotopic (exact) mass is 240 g/mol. The van der Waals surface area contributed by atoms with Gasteiger partial charge >= 0.3 is 5.92 Å². The van der Waals surface area contributed by atoms with E-state index in [9.17, 15) is 8.78 Å². The van der Waals surface area contributed by atoms with E-state index in [2.05, 4.69) is 20.3 Å². The van der Waals surface area contributed by atoms with Gasteiger partial charge in [-0.05, 0) is 34.5 Å². The SMILES string of the molecule is Cc1cc(Br)oc1C(F)(F)CO. The van der Waals surface area contributed by atoms with Crippen LogP contribution in [0.4, 0.5) is 8.78 Å². The van der Waals surface area contributed by atoms with Crippen LogP contribution in [0.1, 0.15) is 11.3 Å². The zero-order valence-electron chi connectivity index (χ0n) is 6.27. The van der Waals surface area contributed by atoms with Gasteiger partial charge in [0.2, 0.25) is 0 Å². The van der Waals surface area contributed by atoms with Gasteiger partial charge < -0.3 is 9.52 Å². The lowest BCUT2D eigenvalue weighted by atomic mass is 10.2. The fourth-order valence-corrected chi connectivity index (χ4v) is 1.38. The number of hydrogen-bond acceptors (Lipinski definition) is 2. The maximum absolute atomic E-state index is 12.8. The predicted molar refractivity (Wildman–Crippen MR) is 42.1 cm³/mol. The molecule has 0 bridgehead atoms. The molecule has 1 aromatic rings. The molecule has 0 radical (unpaired) electrons. The van der Waals surface area contributed by atoms with Crippen molar-refractivity contribution in [1.82, 2.24) is 0 Å². The first-order valence-electron chi connectivity index (χ1n) is 3.22. The second kappa shape index (κ2) is 3.14. The lowest BCUT2D eigenvalue weighted by molar-refractivity contribution is -0.0732. The molecule has 0 atom stereocenters. The Hall–Kier alpha value is -0.420. The second-order valence-electron chi connectivity index (χ2n) is 2.43. The third-order valence-electron chi connectivity index (χ3n) is 1.42. The van der Waals surface area contributed by atoms with Crippen LogP contribution >= 0.6 is 15.9 Å². The Labute approximate surface area is 76.3 Å². The van der Waals surface area contributed by atoms with E-state index < -0.39 is 18.3 Å². The van der Waals surface area contributed by atoms with Gasteiger partial charge in [-0.15, -0.1) is 0 Å². The molecule has 5 heteroatoms. The van der Waals surface area contributed by atoms with Crippen molar-refractivity contribution in [2.24, 2.45) is 0 Å². The Balaban J connectivity index is 3.09. The molecule has 0 aliphatic carbocycles. The zero-order chi connectivity index (χ0) is 9.35.